The summed E-state index contributed by atoms with van der Waals surface area (Å²) in [7, 11) is 0. The van der Waals surface area contributed by atoms with Crippen LogP contribution in [0.1, 0.15) is 51.0 Å². The molecule has 1 aliphatic heterocycles. The molecular weight excluding hydrogens is 256 g/mol. The molecule has 2 heteroatoms. The van der Waals surface area contributed by atoms with Crippen LogP contribution in [0.4, 0.5) is 0 Å². The minimum absolute atomic E-state index is 0.416. The fraction of sp³-hybridized carbons (Fsp3) is 0.684. The van der Waals surface area contributed by atoms with Crippen LogP contribution in [-0.4, -0.2) is 36.1 Å². The Hall–Kier alpha value is -0.860. The maximum Gasteiger partial charge on any atom is 0.0308 e. The van der Waals surface area contributed by atoms with Crippen LogP contribution >= 0.6 is 0 Å². The third-order valence-electron chi connectivity index (χ3n) is 5.44. The van der Waals surface area contributed by atoms with Crippen molar-refractivity contribution < 1.29 is 0 Å². The number of hydrogen-bond acceptors (Lipinski definition) is 2. The average Bonchev–Trinajstić information content (AvgIpc) is 2.72. The average molecular weight is 286 g/mol. The molecule has 1 aromatic carbocycles. The van der Waals surface area contributed by atoms with Gasteiger partial charge in [0.05, 0.1) is 0 Å². The summed E-state index contributed by atoms with van der Waals surface area (Å²) in [4.78, 5) is 2.75. The quantitative estimate of drug-likeness (QED) is 0.913. The lowest BCUT2D eigenvalue weighted by Gasteiger charge is -2.41. The van der Waals surface area contributed by atoms with Crippen LogP contribution in [0.15, 0.2) is 30.3 Å². The summed E-state index contributed by atoms with van der Waals surface area (Å²) in [5, 5.41) is 3.90. The smallest absolute Gasteiger partial charge is 0.0308 e. The molecule has 2 fully saturated rings. The summed E-state index contributed by atoms with van der Waals surface area (Å²) in [5.41, 5.74) is 1.89. The lowest BCUT2D eigenvalue weighted by atomic mass is 9.81. The van der Waals surface area contributed by atoms with Crippen LogP contribution in [0.5, 0.6) is 0 Å². The largest absolute Gasteiger partial charge is 0.310 e. The Bertz CT molecular complexity index is 422. The van der Waals surface area contributed by atoms with E-state index in [2.05, 4.69) is 47.5 Å². The van der Waals surface area contributed by atoms with Crippen LogP contribution in [0.25, 0.3) is 0 Å². The molecule has 0 aromatic heterocycles. The van der Waals surface area contributed by atoms with Crippen LogP contribution in [0.2, 0.25) is 0 Å². The maximum absolute atomic E-state index is 3.90. The molecule has 2 aliphatic rings. The second kappa shape index (κ2) is 6.93. The molecule has 1 atom stereocenters. The third-order valence-corrected chi connectivity index (χ3v) is 5.44. The molecule has 1 spiro atoms. The normalized spacial score (nSPS) is 24.6. The Labute approximate surface area is 129 Å². The van der Waals surface area contributed by atoms with Crippen molar-refractivity contribution in [3.8, 4) is 0 Å². The van der Waals surface area contributed by atoms with Gasteiger partial charge in [-0.3, -0.25) is 4.90 Å². The van der Waals surface area contributed by atoms with E-state index in [1.807, 2.05) is 0 Å². The van der Waals surface area contributed by atoms with Gasteiger partial charge < -0.3 is 5.32 Å². The third kappa shape index (κ3) is 3.87. The number of nitrogens with zero attached hydrogens (tertiary/aromatic N) is 1. The first-order valence-corrected chi connectivity index (χ1v) is 8.80. The van der Waals surface area contributed by atoms with Gasteiger partial charge in [-0.1, -0.05) is 49.6 Å². The van der Waals surface area contributed by atoms with Crippen molar-refractivity contribution in [2.75, 3.05) is 19.6 Å². The first-order valence-electron chi connectivity index (χ1n) is 8.80. The van der Waals surface area contributed by atoms with Crippen molar-refractivity contribution in [1.82, 2.24) is 10.2 Å². The highest BCUT2D eigenvalue weighted by atomic mass is 15.2. The second-order valence-electron chi connectivity index (χ2n) is 7.13. The van der Waals surface area contributed by atoms with Gasteiger partial charge in [0.15, 0.2) is 0 Å². The monoisotopic (exact) mass is 286 g/mol. The summed E-state index contributed by atoms with van der Waals surface area (Å²) in [5.74, 6) is 0. The molecular formula is C19H30N2. The van der Waals surface area contributed by atoms with Crippen molar-refractivity contribution in [3.05, 3.63) is 35.9 Å². The fourth-order valence-corrected chi connectivity index (χ4v) is 4.18. The molecule has 3 rings (SSSR count). The van der Waals surface area contributed by atoms with E-state index in [9.17, 15) is 0 Å². The molecule has 0 bridgehead atoms. The van der Waals surface area contributed by atoms with Crippen molar-refractivity contribution in [1.29, 1.82) is 0 Å². The number of benzene rings is 1. The summed E-state index contributed by atoms with van der Waals surface area (Å²) in [6.45, 7) is 6.12. The minimum Gasteiger partial charge on any atom is -0.310 e. The van der Waals surface area contributed by atoms with E-state index in [0.29, 0.717) is 11.6 Å². The Morgan fingerprint density at radius 2 is 1.86 bits per heavy atom. The summed E-state index contributed by atoms with van der Waals surface area (Å²) < 4.78 is 0. The van der Waals surface area contributed by atoms with Gasteiger partial charge in [0, 0.05) is 18.1 Å². The number of nitrogens with one attached hydrogen (secondary N) is 1. The molecule has 1 heterocycles. The van der Waals surface area contributed by atoms with Gasteiger partial charge in [0.2, 0.25) is 0 Å². The summed E-state index contributed by atoms with van der Waals surface area (Å²) >= 11 is 0. The van der Waals surface area contributed by atoms with Gasteiger partial charge in [0.25, 0.3) is 0 Å². The lowest BCUT2D eigenvalue weighted by Crippen LogP contribution is -2.54. The first kappa shape index (κ1) is 15.1. The van der Waals surface area contributed by atoms with Crippen LogP contribution in [0.3, 0.4) is 0 Å². The molecule has 116 valence electrons. The van der Waals surface area contributed by atoms with Gasteiger partial charge in [0.1, 0.15) is 0 Å². The fourth-order valence-electron chi connectivity index (χ4n) is 4.18. The molecule has 1 saturated heterocycles. The zero-order chi connectivity index (χ0) is 14.5. The highest BCUT2D eigenvalue weighted by Crippen LogP contribution is 2.31. The molecule has 0 radical (unpaired) electrons. The van der Waals surface area contributed by atoms with Crippen molar-refractivity contribution in [2.24, 2.45) is 0 Å². The minimum atomic E-state index is 0.416. The molecule has 0 amide bonds. The van der Waals surface area contributed by atoms with E-state index in [-0.39, 0.29) is 0 Å². The molecule has 1 aliphatic carbocycles. The van der Waals surface area contributed by atoms with Gasteiger partial charge in [-0.05, 0) is 51.3 Å². The molecule has 1 unspecified atom stereocenters. The summed E-state index contributed by atoms with van der Waals surface area (Å²) in [6.07, 6.45) is 9.48. The van der Waals surface area contributed by atoms with Crippen molar-refractivity contribution in [3.63, 3.8) is 0 Å². The number of rotatable bonds is 3. The summed E-state index contributed by atoms with van der Waals surface area (Å²) in [6, 6.07) is 11.6. The standard InChI is InChI=1S/C19H30N2/c1-17(15-18-9-4-2-5-10-18)21-14-8-13-20-19(16-21)11-6-3-7-12-19/h2,4-5,9-10,17,20H,3,6-8,11-16H2,1H3. The predicted molar refractivity (Wildman–Crippen MR) is 89.6 cm³/mol. The van der Waals surface area contributed by atoms with Gasteiger partial charge >= 0.3 is 0 Å². The van der Waals surface area contributed by atoms with Crippen LogP contribution in [-0.2, 0) is 6.42 Å². The van der Waals surface area contributed by atoms with Gasteiger partial charge in [-0.15, -0.1) is 0 Å². The van der Waals surface area contributed by atoms with Gasteiger partial charge in [-0.25, -0.2) is 0 Å². The highest BCUT2D eigenvalue weighted by molar-refractivity contribution is 5.16. The van der Waals surface area contributed by atoms with E-state index >= 15 is 0 Å². The Balaban J connectivity index is 1.65. The van der Waals surface area contributed by atoms with E-state index in [0.717, 1.165) is 0 Å². The maximum atomic E-state index is 3.90. The highest BCUT2D eigenvalue weighted by Gasteiger charge is 2.35. The van der Waals surface area contributed by atoms with E-state index < -0.39 is 0 Å². The zero-order valence-corrected chi connectivity index (χ0v) is 13.5. The Morgan fingerprint density at radius 1 is 1.10 bits per heavy atom. The molecule has 1 N–H and O–H groups in total. The predicted octanol–water partition coefficient (Wildman–Crippen LogP) is 3.62. The Morgan fingerprint density at radius 3 is 2.62 bits per heavy atom. The first-order chi connectivity index (χ1) is 10.3. The van der Waals surface area contributed by atoms with E-state index in [4.69, 9.17) is 0 Å². The molecule has 1 saturated carbocycles. The van der Waals surface area contributed by atoms with E-state index in [1.165, 1.54) is 70.1 Å². The molecule has 21 heavy (non-hydrogen) atoms. The zero-order valence-electron chi connectivity index (χ0n) is 13.5. The molecule has 2 nitrogen and oxygen atoms in total. The topological polar surface area (TPSA) is 15.3 Å². The van der Waals surface area contributed by atoms with E-state index in [1.54, 1.807) is 0 Å². The van der Waals surface area contributed by atoms with Crippen molar-refractivity contribution in [2.45, 2.75) is 63.5 Å². The number of hydrogen-bond donors (Lipinski definition) is 1. The van der Waals surface area contributed by atoms with Gasteiger partial charge in [-0.2, -0.15) is 0 Å². The van der Waals surface area contributed by atoms with Crippen LogP contribution < -0.4 is 5.32 Å². The SMILES string of the molecule is CC(Cc1ccccc1)N1CCCNC2(CCCCC2)C1. The molecule has 1 aromatic rings. The second-order valence-corrected chi connectivity index (χ2v) is 7.13. The lowest BCUT2D eigenvalue weighted by molar-refractivity contribution is 0.133. The van der Waals surface area contributed by atoms with Crippen LogP contribution in [0, 0.1) is 0 Å². The van der Waals surface area contributed by atoms with Crippen molar-refractivity contribution >= 4 is 0 Å². The Kier molecular flexibility index (Phi) is 4.97.